The molecule has 0 spiro atoms. The van der Waals surface area contributed by atoms with Gasteiger partial charge in [-0.3, -0.25) is 9.48 Å². The normalized spacial score (nSPS) is 13.5. The number of ether oxygens (including phenoxy) is 1. The van der Waals surface area contributed by atoms with Crippen LogP contribution in [0, 0.1) is 20.8 Å². The Kier molecular flexibility index (Phi) is 4.67. The van der Waals surface area contributed by atoms with E-state index in [1.54, 1.807) is 0 Å². The summed E-state index contributed by atoms with van der Waals surface area (Å²) in [6.07, 6.45) is 0.773. The highest BCUT2D eigenvalue weighted by Crippen LogP contribution is 2.32. The SMILES string of the molecule is Cc1c(Cc2ccc(-c3cc(C)n(C)n3)cc2)cc2c(c1C)OCCNC2=O. The van der Waals surface area contributed by atoms with Gasteiger partial charge in [0.1, 0.15) is 12.4 Å². The molecule has 28 heavy (non-hydrogen) atoms. The van der Waals surface area contributed by atoms with E-state index in [0.29, 0.717) is 18.7 Å². The highest BCUT2D eigenvalue weighted by molar-refractivity contribution is 5.98. The van der Waals surface area contributed by atoms with Crippen molar-refractivity contribution in [2.24, 2.45) is 7.05 Å². The molecule has 0 bridgehead atoms. The van der Waals surface area contributed by atoms with Gasteiger partial charge in [0.05, 0.1) is 17.8 Å². The van der Waals surface area contributed by atoms with E-state index in [1.807, 2.05) is 31.6 Å². The van der Waals surface area contributed by atoms with Gasteiger partial charge >= 0.3 is 0 Å². The summed E-state index contributed by atoms with van der Waals surface area (Å²) in [5.41, 5.74) is 8.44. The van der Waals surface area contributed by atoms with Crippen molar-refractivity contribution in [2.45, 2.75) is 27.2 Å². The molecule has 2 aromatic carbocycles. The number of hydrogen-bond acceptors (Lipinski definition) is 3. The predicted octanol–water partition coefficient (Wildman–Crippen LogP) is 3.73. The van der Waals surface area contributed by atoms with Crippen LogP contribution in [0.25, 0.3) is 11.3 Å². The Morgan fingerprint density at radius 3 is 2.54 bits per heavy atom. The summed E-state index contributed by atoms with van der Waals surface area (Å²) in [7, 11) is 1.95. The predicted molar refractivity (Wildman–Crippen MR) is 110 cm³/mol. The maximum atomic E-state index is 12.4. The van der Waals surface area contributed by atoms with Crippen molar-refractivity contribution in [1.29, 1.82) is 0 Å². The maximum absolute atomic E-state index is 12.4. The molecule has 5 nitrogen and oxygen atoms in total. The molecule has 1 aliphatic rings. The maximum Gasteiger partial charge on any atom is 0.255 e. The third-order valence-corrected chi connectivity index (χ3v) is 5.58. The van der Waals surface area contributed by atoms with Gasteiger partial charge in [-0.05, 0) is 61.6 Å². The molecule has 0 saturated carbocycles. The van der Waals surface area contributed by atoms with Crippen LogP contribution in [-0.2, 0) is 13.5 Å². The zero-order chi connectivity index (χ0) is 19.8. The Labute approximate surface area is 165 Å². The fourth-order valence-electron chi connectivity index (χ4n) is 3.63. The third-order valence-electron chi connectivity index (χ3n) is 5.58. The summed E-state index contributed by atoms with van der Waals surface area (Å²) in [5, 5.41) is 7.44. The van der Waals surface area contributed by atoms with Crippen LogP contribution in [0.3, 0.4) is 0 Å². The van der Waals surface area contributed by atoms with Crippen LogP contribution in [0.15, 0.2) is 36.4 Å². The van der Waals surface area contributed by atoms with E-state index >= 15 is 0 Å². The monoisotopic (exact) mass is 375 g/mol. The lowest BCUT2D eigenvalue weighted by atomic mass is 9.93. The van der Waals surface area contributed by atoms with E-state index in [1.165, 1.54) is 11.1 Å². The van der Waals surface area contributed by atoms with Crippen LogP contribution < -0.4 is 10.1 Å². The molecule has 2 heterocycles. The summed E-state index contributed by atoms with van der Waals surface area (Å²) >= 11 is 0. The first-order valence-corrected chi connectivity index (χ1v) is 9.58. The van der Waals surface area contributed by atoms with Gasteiger partial charge in [0.15, 0.2) is 0 Å². The Morgan fingerprint density at radius 2 is 1.86 bits per heavy atom. The van der Waals surface area contributed by atoms with Crippen molar-refractivity contribution in [1.82, 2.24) is 15.1 Å². The van der Waals surface area contributed by atoms with E-state index in [-0.39, 0.29) is 5.91 Å². The van der Waals surface area contributed by atoms with Gasteiger partial charge in [-0.25, -0.2) is 0 Å². The topological polar surface area (TPSA) is 56.1 Å². The van der Waals surface area contributed by atoms with E-state index < -0.39 is 0 Å². The molecular weight excluding hydrogens is 350 g/mol. The second-order valence-electron chi connectivity index (χ2n) is 7.44. The minimum absolute atomic E-state index is 0.0577. The first-order chi connectivity index (χ1) is 13.4. The number of hydrogen-bond donors (Lipinski definition) is 1. The van der Waals surface area contributed by atoms with Crippen LogP contribution in [0.5, 0.6) is 5.75 Å². The number of nitrogens with one attached hydrogen (secondary N) is 1. The number of carbonyl (C=O) groups is 1. The Bertz CT molecular complexity index is 1030. The molecular formula is C23H25N3O2. The number of nitrogens with zero attached hydrogens (tertiary/aromatic N) is 2. The molecule has 3 aromatic rings. The Morgan fingerprint density at radius 1 is 1.11 bits per heavy atom. The molecule has 0 atom stereocenters. The number of amides is 1. The Hall–Kier alpha value is -3.08. The summed E-state index contributed by atoms with van der Waals surface area (Å²) in [6.45, 7) is 7.22. The van der Waals surface area contributed by atoms with Crippen LogP contribution >= 0.6 is 0 Å². The quantitative estimate of drug-likeness (QED) is 0.759. The molecule has 0 saturated heterocycles. The number of carbonyl (C=O) groups excluding carboxylic acids is 1. The van der Waals surface area contributed by atoms with E-state index in [4.69, 9.17) is 4.74 Å². The average molecular weight is 375 g/mol. The van der Waals surface area contributed by atoms with Gasteiger partial charge in [-0.15, -0.1) is 0 Å². The summed E-state index contributed by atoms with van der Waals surface area (Å²) < 4.78 is 7.71. The van der Waals surface area contributed by atoms with Crippen molar-refractivity contribution >= 4 is 5.91 Å². The highest BCUT2D eigenvalue weighted by Gasteiger charge is 2.21. The molecule has 0 fully saturated rings. The third kappa shape index (κ3) is 3.28. The minimum atomic E-state index is -0.0577. The molecule has 1 aromatic heterocycles. The number of benzene rings is 2. The highest BCUT2D eigenvalue weighted by atomic mass is 16.5. The van der Waals surface area contributed by atoms with Gasteiger partial charge in [0.25, 0.3) is 5.91 Å². The number of aryl methyl sites for hydroxylation is 2. The van der Waals surface area contributed by atoms with Gasteiger partial charge in [-0.1, -0.05) is 24.3 Å². The molecule has 144 valence electrons. The molecule has 1 N–H and O–H groups in total. The van der Waals surface area contributed by atoms with Crippen LogP contribution in [-0.4, -0.2) is 28.8 Å². The summed E-state index contributed by atoms with van der Waals surface area (Å²) in [4.78, 5) is 12.4. The zero-order valence-corrected chi connectivity index (χ0v) is 16.8. The standard InChI is InChI=1S/C23H25N3O2/c1-14-11-21(25-26(14)4)18-7-5-17(6-8-18)12-19-13-20-22(16(3)15(19)2)28-10-9-24-23(20)27/h5-8,11,13H,9-10,12H2,1-4H3,(H,24,27). The van der Waals surface area contributed by atoms with Crippen LogP contribution in [0.2, 0.25) is 0 Å². The van der Waals surface area contributed by atoms with Crippen molar-refractivity contribution < 1.29 is 9.53 Å². The molecule has 1 aliphatic heterocycles. The van der Waals surface area contributed by atoms with Crippen LogP contribution in [0.4, 0.5) is 0 Å². The molecule has 0 radical (unpaired) electrons. The zero-order valence-electron chi connectivity index (χ0n) is 16.8. The Balaban J connectivity index is 1.64. The minimum Gasteiger partial charge on any atom is -0.491 e. The average Bonchev–Trinajstić information content (AvgIpc) is 2.91. The largest absolute Gasteiger partial charge is 0.491 e. The first kappa shape index (κ1) is 18.3. The molecule has 0 aliphatic carbocycles. The fourth-order valence-corrected chi connectivity index (χ4v) is 3.63. The molecule has 4 rings (SSSR count). The van der Waals surface area contributed by atoms with Crippen molar-refractivity contribution in [3.63, 3.8) is 0 Å². The number of rotatable bonds is 3. The van der Waals surface area contributed by atoms with Crippen molar-refractivity contribution in [3.8, 4) is 17.0 Å². The molecule has 5 heteroatoms. The van der Waals surface area contributed by atoms with Crippen molar-refractivity contribution in [2.75, 3.05) is 13.2 Å². The summed E-state index contributed by atoms with van der Waals surface area (Å²) in [6, 6.07) is 12.6. The van der Waals surface area contributed by atoms with Gasteiger partial charge in [-0.2, -0.15) is 5.10 Å². The lowest BCUT2D eigenvalue weighted by Crippen LogP contribution is -2.24. The second kappa shape index (κ2) is 7.15. The lowest BCUT2D eigenvalue weighted by molar-refractivity contribution is 0.0957. The van der Waals surface area contributed by atoms with Crippen LogP contribution in [0.1, 0.15) is 38.3 Å². The second-order valence-corrected chi connectivity index (χ2v) is 7.44. The van der Waals surface area contributed by atoms with E-state index in [9.17, 15) is 4.79 Å². The van der Waals surface area contributed by atoms with Crippen molar-refractivity contribution in [3.05, 3.63) is 69.9 Å². The molecule has 1 amide bonds. The smallest absolute Gasteiger partial charge is 0.255 e. The lowest BCUT2D eigenvalue weighted by Gasteiger charge is -2.16. The van der Waals surface area contributed by atoms with E-state index in [0.717, 1.165) is 40.2 Å². The van der Waals surface area contributed by atoms with Gasteiger partial charge in [0.2, 0.25) is 0 Å². The van der Waals surface area contributed by atoms with E-state index in [2.05, 4.69) is 47.7 Å². The molecule has 0 unspecified atom stereocenters. The van der Waals surface area contributed by atoms with Gasteiger partial charge in [0, 0.05) is 18.3 Å². The number of aromatic nitrogens is 2. The fraction of sp³-hybridized carbons (Fsp3) is 0.304. The first-order valence-electron chi connectivity index (χ1n) is 9.58. The van der Waals surface area contributed by atoms with Gasteiger partial charge < -0.3 is 10.1 Å². The summed E-state index contributed by atoms with van der Waals surface area (Å²) in [5.74, 6) is 0.662. The number of fused-ring (bicyclic) bond motifs is 1.